The smallest absolute Gasteiger partial charge is 0.252 e. The predicted octanol–water partition coefficient (Wildman–Crippen LogP) is 5.00. The number of nitrogen functional groups attached to an aromatic ring is 1. The van der Waals surface area contributed by atoms with Crippen molar-refractivity contribution in [2.24, 2.45) is 0 Å². The Morgan fingerprint density at radius 3 is 2.57 bits per heavy atom. The van der Waals surface area contributed by atoms with Crippen molar-refractivity contribution >= 4 is 22.8 Å². The highest BCUT2D eigenvalue weighted by molar-refractivity contribution is 5.98. The zero-order valence-electron chi connectivity index (χ0n) is 26.4. The van der Waals surface area contributed by atoms with Gasteiger partial charge in [-0.2, -0.15) is 5.10 Å². The Labute approximate surface area is 267 Å². The Hall–Kier alpha value is -4.86. The fourth-order valence-electron chi connectivity index (χ4n) is 6.27. The standard InChI is InChI=1S/C34H38FN9O2/c1-34(2,43-17-15-41(4)16-18-43)20-28(37-3)33(45)42-14-8-9-23(21-42)44-32-29(31(36)38-22-39-32)30(40-44)26-13-12-25(19-27(26)35)46-24-10-6-5-7-11-24/h5-7,10-13,19-20,22-23H,8-9,14-18,21H2,1-2,4H3,(H2,36,38,39)/b28-20+/t23-/m0/s1. The van der Waals surface area contributed by atoms with Crippen molar-refractivity contribution in [1.82, 2.24) is 34.4 Å². The maximum Gasteiger partial charge on any atom is 0.252 e. The number of nitrogens with two attached hydrogens (primary N) is 1. The van der Waals surface area contributed by atoms with E-state index in [1.165, 1.54) is 12.4 Å². The predicted molar refractivity (Wildman–Crippen MR) is 174 cm³/mol. The van der Waals surface area contributed by atoms with Crippen LogP contribution in [0.5, 0.6) is 11.5 Å². The molecule has 2 aliphatic rings. The molecule has 2 saturated heterocycles. The first kappa shape index (κ1) is 31.1. The molecule has 1 atom stereocenters. The highest BCUT2D eigenvalue weighted by Gasteiger charge is 2.33. The number of para-hydroxylation sites is 1. The van der Waals surface area contributed by atoms with Gasteiger partial charge in [-0.25, -0.2) is 23.9 Å². The number of carbonyl (C=O) groups excluding carboxylic acids is 1. The largest absolute Gasteiger partial charge is 0.457 e. The highest BCUT2D eigenvalue weighted by atomic mass is 19.1. The van der Waals surface area contributed by atoms with Gasteiger partial charge in [0.1, 0.15) is 35.2 Å². The molecule has 1 amide bonds. The van der Waals surface area contributed by atoms with E-state index < -0.39 is 11.4 Å². The molecule has 2 aliphatic heterocycles. The van der Waals surface area contributed by atoms with Crippen LogP contribution >= 0.6 is 0 Å². The molecule has 0 saturated carbocycles. The monoisotopic (exact) mass is 623 g/mol. The number of piperazine rings is 1. The number of rotatable bonds is 7. The lowest BCUT2D eigenvalue weighted by Crippen LogP contribution is -2.53. The summed E-state index contributed by atoms with van der Waals surface area (Å²) >= 11 is 0. The highest BCUT2D eigenvalue weighted by Crippen LogP contribution is 2.36. The first-order chi connectivity index (χ1) is 22.1. The number of likely N-dealkylation sites (tertiary alicyclic amines) is 1. The zero-order valence-corrected chi connectivity index (χ0v) is 26.4. The molecule has 0 radical (unpaired) electrons. The summed E-state index contributed by atoms with van der Waals surface area (Å²) < 4.78 is 23.2. The molecule has 46 heavy (non-hydrogen) atoms. The second-order valence-electron chi connectivity index (χ2n) is 12.4. The number of fused-ring (bicyclic) bond motifs is 1. The van der Waals surface area contributed by atoms with Gasteiger partial charge >= 0.3 is 0 Å². The Bertz CT molecular complexity index is 1810. The van der Waals surface area contributed by atoms with E-state index in [2.05, 4.69) is 45.5 Å². The minimum absolute atomic E-state index is 0.113. The quantitative estimate of drug-likeness (QED) is 0.226. The summed E-state index contributed by atoms with van der Waals surface area (Å²) in [5.41, 5.74) is 7.00. The van der Waals surface area contributed by atoms with Crippen LogP contribution in [0.15, 0.2) is 66.6 Å². The van der Waals surface area contributed by atoms with Crippen LogP contribution in [-0.2, 0) is 4.79 Å². The normalized spacial score (nSPS) is 18.5. The zero-order chi connectivity index (χ0) is 32.4. The van der Waals surface area contributed by atoms with Gasteiger partial charge in [0, 0.05) is 56.4 Å². The second kappa shape index (κ2) is 12.9. The maximum absolute atomic E-state index is 15.6. The van der Waals surface area contributed by atoms with E-state index in [1.54, 1.807) is 39.9 Å². The van der Waals surface area contributed by atoms with Crippen molar-refractivity contribution < 1.29 is 13.9 Å². The molecule has 0 spiro atoms. The fourth-order valence-corrected chi connectivity index (χ4v) is 6.27. The summed E-state index contributed by atoms with van der Waals surface area (Å²) in [6.07, 6.45) is 4.60. The number of hydrogen-bond acceptors (Lipinski definition) is 8. The van der Waals surface area contributed by atoms with Gasteiger partial charge in [-0.3, -0.25) is 9.69 Å². The van der Waals surface area contributed by atoms with Gasteiger partial charge in [-0.05, 0) is 58.0 Å². The van der Waals surface area contributed by atoms with Crippen molar-refractivity contribution in [2.75, 3.05) is 52.0 Å². The molecule has 238 valence electrons. The Kier molecular flexibility index (Phi) is 8.71. The van der Waals surface area contributed by atoms with Crippen molar-refractivity contribution in [3.05, 3.63) is 83.9 Å². The molecular formula is C34H38FN9O2. The molecule has 2 N–H and O–H groups in total. The number of carbonyl (C=O) groups is 1. The Morgan fingerprint density at radius 1 is 1.09 bits per heavy atom. The minimum atomic E-state index is -0.529. The average molecular weight is 624 g/mol. The van der Waals surface area contributed by atoms with Crippen molar-refractivity contribution in [2.45, 2.75) is 38.3 Å². The Balaban J connectivity index is 1.27. The van der Waals surface area contributed by atoms with E-state index >= 15 is 4.39 Å². The molecule has 0 aliphatic carbocycles. The number of halogens is 1. The molecule has 0 unspecified atom stereocenters. The van der Waals surface area contributed by atoms with Gasteiger partial charge in [0.25, 0.3) is 5.91 Å². The molecule has 4 aromatic rings. The topological polar surface area (TPSA) is 110 Å². The van der Waals surface area contributed by atoms with E-state index in [9.17, 15) is 4.79 Å². The SMILES string of the molecule is [C-]#[N+]/C(=C/C(C)(C)N1CCN(C)CC1)C(=O)N1CCC[C@H](n2nc(-c3ccc(Oc4ccccc4)cc3F)c3c(N)ncnc32)C1. The molecule has 12 heteroatoms. The van der Waals surface area contributed by atoms with E-state index in [0.29, 0.717) is 47.7 Å². The molecule has 0 bridgehead atoms. The molecule has 2 aromatic heterocycles. The lowest BCUT2D eigenvalue weighted by Gasteiger charge is -2.42. The summed E-state index contributed by atoms with van der Waals surface area (Å²) in [4.78, 5) is 32.4. The molecule has 2 aromatic carbocycles. The molecule has 4 heterocycles. The molecule has 6 rings (SSSR count). The van der Waals surface area contributed by atoms with Crippen molar-refractivity contribution in [3.8, 4) is 22.8 Å². The molecule has 2 fully saturated rings. The van der Waals surface area contributed by atoms with E-state index in [0.717, 1.165) is 32.6 Å². The van der Waals surface area contributed by atoms with E-state index in [-0.39, 0.29) is 29.0 Å². The lowest BCUT2D eigenvalue weighted by atomic mass is 9.99. The average Bonchev–Trinajstić information content (AvgIpc) is 3.45. The summed E-state index contributed by atoms with van der Waals surface area (Å²) in [6, 6.07) is 13.5. The van der Waals surface area contributed by atoms with Crippen LogP contribution in [-0.4, -0.2) is 92.2 Å². The number of ether oxygens (including phenoxy) is 1. The number of piperidine rings is 1. The number of anilines is 1. The van der Waals surface area contributed by atoms with Gasteiger partial charge in [-0.15, -0.1) is 0 Å². The molecular weight excluding hydrogens is 585 g/mol. The first-order valence-corrected chi connectivity index (χ1v) is 15.5. The van der Waals surface area contributed by atoms with Gasteiger partial charge in [0.2, 0.25) is 5.70 Å². The van der Waals surface area contributed by atoms with Gasteiger partial charge < -0.3 is 20.3 Å². The third-order valence-electron chi connectivity index (χ3n) is 8.87. The number of benzene rings is 2. The second-order valence-corrected chi connectivity index (χ2v) is 12.4. The summed E-state index contributed by atoms with van der Waals surface area (Å²) in [5.74, 6) is 0.300. The lowest BCUT2D eigenvalue weighted by molar-refractivity contribution is -0.128. The number of amides is 1. The summed E-state index contributed by atoms with van der Waals surface area (Å²) in [7, 11) is 2.10. The van der Waals surface area contributed by atoms with Crippen LogP contribution in [0.3, 0.4) is 0 Å². The summed E-state index contributed by atoms with van der Waals surface area (Å²) in [5, 5.41) is 5.28. The van der Waals surface area contributed by atoms with Crippen molar-refractivity contribution in [3.63, 3.8) is 0 Å². The summed E-state index contributed by atoms with van der Waals surface area (Å²) in [6.45, 7) is 16.4. The first-order valence-electron chi connectivity index (χ1n) is 15.5. The van der Waals surface area contributed by atoms with Crippen molar-refractivity contribution in [1.29, 1.82) is 0 Å². The van der Waals surface area contributed by atoms with Gasteiger partial charge in [-0.1, -0.05) is 24.3 Å². The van der Waals surface area contributed by atoms with Crippen LogP contribution in [0.1, 0.15) is 32.7 Å². The number of nitrogens with zero attached hydrogens (tertiary/aromatic N) is 8. The maximum atomic E-state index is 15.6. The van der Waals surface area contributed by atoms with Gasteiger partial charge in [0.05, 0.1) is 18.0 Å². The van der Waals surface area contributed by atoms with Gasteiger partial charge in [0.15, 0.2) is 5.65 Å². The molecule has 11 nitrogen and oxygen atoms in total. The van der Waals surface area contributed by atoms with Crippen LogP contribution < -0.4 is 10.5 Å². The number of aromatic nitrogens is 4. The van der Waals surface area contributed by atoms with Crippen LogP contribution in [0.2, 0.25) is 0 Å². The van der Waals surface area contributed by atoms with E-state index in [1.807, 2.05) is 18.2 Å². The van der Waals surface area contributed by atoms with Crippen LogP contribution in [0.4, 0.5) is 10.2 Å². The van der Waals surface area contributed by atoms with Crippen LogP contribution in [0, 0.1) is 12.4 Å². The van der Waals surface area contributed by atoms with Crippen LogP contribution in [0.25, 0.3) is 27.1 Å². The third-order valence-corrected chi connectivity index (χ3v) is 8.87. The number of likely N-dealkylation sites (N-methyl/N-ethyl adjacent to an activating group) is 1. The third kappa shape index (κ3) is 6.29. The number of hydrogen-bond donors (Lipinski definition) is 1. The minimum Gasteiger partial charge on any atom is -0.457 e. The van der Waals surface area contributed by atoms with E-state index in [4.69, 9.17) is 22.1 Å². The fraction of sp³-hybridized carbons (Fsp3) is 0.382. The Morgan fingerprint density at radius 2 is 1.85 bits per heavy atom.